The highest BCUT2D eigenvalue weighted by Crippen LogP contribution is 2.41. The fourth-order valence-corrected chi connectivity index (χ4v) is 5.58. The molecule has 1 aliphatic rings. The number of thioether (sulfide) groups is 1. The van der Waals surface area contributed by atoms with E-state index >= 15 is 0 Å². The van der Waals surface area contributed by atoms with Gasteiger partial charge in [-0.1, -0.05) is 23.9 Å². The molecule has 1 unspecified atom stereocenters. The third-order valence-corrected chi connectivity index (χ3v) is 7.40. The van der Waals surface area contributed by atoms with Crippen LogP contribution in [0.1, 0.15) is 17.5 Å². The molecular weight excluding hydrogens is 485 g/mol. The zero-order valence-corrected chi connectivity index (χ0v) is 18.7. The van der Waals surface area contributed by atoms with Gasteiger partial charge in [-0.3, -0.25) is 9.59 Å². The van der Waals surface area contributed by atoms with Crippen LogP contribution in [-0.2, 0) is 15.8 Å². The Labute approximate surface area is 199 Å². The molecule has 1 atom stereocenters. The van der Waals surface area contributed by atoms with Gasteiger partial charge in [0.1, 0.15) is 11.1 Å². The first-order valence-electron chi connectivity index (χ1n) is 9.93. The van der Waals surface area contributed by atoms with Crippen molar-refractivity contribution >= 4 is 51.5 Å². The van der Waals surface area contributed by atoms with Crippen molar-refractivity contribution in [3.8, 4) is 16.6 Å². The summed E-state index contributed by atoms with van der Waals surface area (Å²) in [6.45, 7) is 0. The number of hydrogen-bond donors (Lipinski definition) is 1. The number of aromatic amines is 1. The van der Waals surface area contributed by atoms with Gasteiger partial charge in [-0.05, 0) is 41.1 Å². The Morgan fingerprint density at radius 1 is 1.21 bits per heavy atom. The molecule has 0 spiro atoms. The van der Waals surface area contributed by atoms with Crippen LogP contribution < -0.4 is 4.90 Å². The molecule has 170 valence electrons. The molecule has 5 rings (SSSR count). The minimum Gasteiger partial charge on any atom is -0.361 e. The van der Waals surface area contributed by atoms with E-state index in [1.807, 2.05) is 6.07 Å². The van der Waals surface area contributed by atoms with Gasteiger partial charge in [-0.15, -0.1) is 11.3 Å². The minimum atomic E-state index is -4.79. The first-order chi connectivity index (χ1) is 16.3. The molecular formula is C23H13F3N4O2S2. The van der Waals surface area contributed by atoms with E-state index in [1.54, 1.807) is 48.0 Å². The minimum absolute atomic E-state index is 0.0506. The van der Waals surface area contributed by atoms with Crippen molar-refractivity contribution < 1.29 is 22.8 Å². The smallest absolute Gasteiger partial charge is 0.361 e. The second kappa shape index (κ2) is 8.30. The molecule has 0 radical (unpaired) electrons. The average molecular weight is 499 g/mol. The van der Waals surface area contributed by atoms with Gasteiger partial charge >= 0.3 is 6.18 Å². The van der Waals surface area contributed by atoms with Gasteiger partial charge in [0.25, 0.3) is 0 Å². The number of alkyl halides is 3. The second-order valence-electron chi connectivity index (χ2n) is 7.45. The molecule has 11 heteroatoms. The lowest BCUT2D eigenvalue weighted by Crippen LogP contribution is -2.31. The highest BCUT2D eigenvalue weighted by Gasteiger charge is 2.42. The van der Waals surface area contributed by atoms with E-state index in [2.05, 4.69) is 9.97 Å². The number of benzene rings is 1. The molecule has 4 heterocycles. The number of anilines is 1. The summed E-state index contributed by atoms with van der Waals surface area (Å²) < 4.78 is 41.3. The summed E-state index contributed by atoms with van der Waals surface area (Å²) in [5.74, 6) is -1.04. The molecule has 3 aromatic heterocycles. The number of amides is 2. The van der Waals surface area contributed by atoms with E-state index in [0.717, 1.165) is 21.9 Å². The summed E-state index contributed by atoms with van der Waals surface area (Å²) in [6, 6.07) is 12.6. The van der Waals surface area contributed by atoms with Crippen molar-refractivity contribution in [2.75, 3.05) is 4.90 Å². The van der Waals surface area contributed by atoms with Crippen LogP contribution in [0.25, 0.3) is 21.5 Å². The number of carbonyl (C=O) groups excluding carboxylic acids is 2. The molecule has 0 saturated carbocycles. The Kier molecular flexibility index (Phi) is 5.42. The van der Waals surface area contributed by atoms with Crippen molar-refractivity contribution in [2.45, 2.75) is 22.9 Å². The number of nitrogens with zero attached hydrogens (tertiary/aromatic N) is 3. The number of thiophene rings is 1. The summed E-state index contributed by atoms with van der Waals surface area (Å²) in [5.41, 5.74) is -0.633. The van der Waals surface area contributed by atoms with Crippen molar-refractivity contribution in [2.24, 2.45) is 0 Å². The summed E-state index contributed by atoms with van der Waals surface area (Å²) >= 11 is 1.92. The number of fused-ring (bicyclic) bond motifs is 1. The van der Waals surface area contributed by atoms with Crippen molar-refractivity contribution in [3.63, 3.8) is 0 Å². The van der Waals surface area contributed by atoms with Crippen molar-refractivity contribution in [3.05, 3.63) is 65.2 Å². The fraction of sp³-hybridized carbons (Fsp3) is 0.130. The average Bonchev–Trinajstić information content (AvgIpc) is 3.53. The second-order valence-corrected chi connectivity index (χ2v) is 9.59. The normalized spacial score (nSPS) is 16.4. The standard InChI is InChI=1S/C23H13F3N4O2S2/c24-23(25,26)15-9-17(18-2-1-7-33-18)29-21(14(15)11-27)34-19-10-20(31)30(22(19)32)13-4-3-12-5-6-28-16(12)8-13/h1-9,19,28H,10H2. The van der Waals surface area contributed by atoms with Crippen LogP contribution in [0.5, 0.6) is 0 Å². The van der Waals surface area contributed by atoms with Crippen LogP contribution in [0, 0.1) is 11.3 Å². The Hall–Kier alpha value is -3.62. The Bertz CT molecular complexity index is 1470. The number of aromatic nitrogens is 2. The maximum absolute atomic E-state index is 13.8. The number of H-pyrrole nitrogens is 1. The predicted octanol–water partition coefficient (Wildman–Crippen LogP) is 5.61. The van der Waals surface area contributed by atoms with Crippen LogP contribution in [0.4, 0.5) is 18.9 Å². The summed E-state index contributed by atoms with van der Waals surface area (Å²) in [7, 11) is 0. The maximum Gasteiger partial charge on any atom is 0.417 e. The topological polar surface area (TPSA) is 89.8 Å². The third-order valence-electron chi connectivity index (χ3n) is 5.33. The van der Waals surface area contributed by atoms with Crippen LogP contribution >= 0.6 is 23.1 Å². The maximum atomic E-state index is 13.8. The predicted molar refractivity (Wildman–Crippen MR) is 122 cm³/mol. The van der Waals surface area contributed by atoms with Gasteiger partial charge in [0.2, 0.25) is 11.8 Å². The molecule has 2 amide bonds. The van der Waals surface area contributed by atoms with Crippen LogP contribution in [0.3, 0.4) is 0 Å². The zero-order chi connectivity index (χ0) is 24.0. The lowest BCUT2D eigenvalue weighted by molar-refractivity contribution is -0.138. The highest BCUT2D eigenvalue weighted by molar-refractivity contribution is 8.00. The zero-order valence-electron chi connectivity index (χ0n) is 17.1. The van der Waals surface area contributed by atoms with Gasteiger partial charge in [0.15, 0.2) is 0 Å². The number of hydrogen-bond acceptors (Lipinski definition) is 6. The number of nitriles is 1. The van der Waals surface area contributed by atoms with E-state index < -0.39 is 34.4 Å². The number of halogens is 3. The highest BCUT2D eigenvalue weighted by atomic mass is 32.2. The molecule has 6 nitrogen and oxygen atoms in total. The monoisotopic (exact) mass is 498 g/mol. The van der Waals surface area contributed by atoms with E-state index in [-0.39, 0.29) is 17.1 Å². The van der Waals surface area contributed by atoms with E-state index in [4.69, 9.17) is 0 Å². The number of rotatable bonds is 4. The SMILES string of the molecule is N#Cc1c(C(F)(F)F)cc(-c2cccs2)nc1SC1CC(=O)N(c2ccc3cc[nH]c3c2)C1=O. The molecule has 1 fully saturated rings. The third kappa shape index (κ3) is 3.85. The molecule has 1 saturated heterocycles. The van der Waals surface area contributed by atoms with Gasteiger partial charge in [0, 0.05) is 18.1 Å². The summed E-state index contributed by atoms with van der Waals surface area (Å²) in [6.07, 6.45) is -3.28. The van der Waals surface area contributed by atoms with E-state index in [9.17, 15) is 28.0 Å². The van der Waals surface area contributed by atoms with Gasteiger partial charge < -0.3 is 4.98 Å². The number of imide groups is 1. The molecule has 1 aromatic carbocycles. The van der Waals surface area contributed by atoms with Crippen LogP contribution in [-0.4, -0.2) is 27.0 Å². The quantitative estimate of drug-likeness (QED) is 0.370. The van der Waals surface area contributed by atoms with Gasteiger partial charge in [-0.25, -0.2) is 9.88 Å². The Morgan fingerprint density at radius 3 is 2.74 bits per heavy atom. The van der Waals surface area contributed by atoms with E-state index in [0.29, 0.717) is 22.3 Å². The van der Waals surface area contributed by atoms with Crippen molar-refractivity contribution in [1.82, 2.24) is 9.97 Å². The number of nitrogens with one attached hydrogen (secondary N) is 1. The van der Waals surface area contributed by atoms with Crippen LogP contribution in [0.15, 0.2) is 59.1 Å². The van der Waals surface area contributed by atoms with Gasteiger partial charge in [-0.2, -0.15) is 18.4 Å². The number of carbonyl (C=O) groups is 2. The molecule has 1 N–H and O–H groups in total. The first kappa shape index (κ1) is 22.2. The van der Waals surface area contributed by atoms with E-state index in [1.165, 1.54) is 11.3 Å². The Balaban J connectivity index is 1.52. The number of pyridine rings is 1. The lowest BCUT2D eigenvalue weighted by Gasteiger charge is -2.16. The first-order valence-corrected chi connectivity index (χ1v) is 11.7. The largest absolute Gasteiger partial charge is 0.417 e. The van der Waals surface area contributed by atoms with Crippen LogP contribution in [0.2, 0.25) is 0 Å². The fourth-order valence-electron chi connectivity index (χ4n) is 3.77. The summed E-state index contributed by atoms with van der Waals surface area (Å²) in [4.78, 5) is 34.7. The molecule has 1 aliphatic heterocycles. The molecule has 0 aliphatic carbocycles. The van der Waals surface area contributed by atoms with Crippen molar-refractivity contribution in [1.29, 1.82) is 5.26 Å². The molecule has 4 aromatic rings. The summed E-state index contributed by atoms with van der Waals surface area (Å²) in [5, 5.41) is 10.9. The molecule has 34 heavy (non-hydrogen) atoms. The van der Waals surface area contributed by atoms with Gasteiger partial charge in [0.05, 0.1) is 32.6 Å². The Morgan fingerprint density at radius 2 is 2.03 bits per heavy atom. The molecule has 0 bridgehead atoms. The lowest BCUT2D eigenvalue weighted by atomic mass is 10.1.